The molecule has 0 aliphatic carbocycles. The van der Waals surface area contributed by atoms with Crippen molar-refractivity contribution in [2.75, 3.05) is 44.5 Å². The molecule has 1 fully saturated rings. The van der Waals surface area contributed by atoms with Gasteiger partial charge in [-0.3, -0.25) is 9.36 Å². The summed E-state index contributed by atoms with van der Waals surface area (Å²) in [6.07, 6.45) is 3.82. The lowest BCUT2D eigenvalue weighted by Gasteiger charge is -2.23. The zero-order valence-corrected chi connectivity index (χ0v) is 26.6. The molecule has 4 aromatic heterocycles. The molecule has 15 heteroatoms. The Kier molecular flexibility index (Phi) is 9.50. The molecule has 48 heavy (non-hydrogen) atoms. The molecule has 0 radical (unpaired) electrons. The van der Waals surface area contributed by atoms with Crippen molar-refractivity contribution in [2.24, 2.45) is 0 Å². The molecule has 1 atom stereocenters. The summed E-state index contributed by atoms with van der Waals surface area (Å²) >= 11 is 0. The first-order chi connectivity index (χ1) is 23.1. The fourth-order valence-electron chi connectivity index (χ4n) is 5.30. The number of benzene rings is 1. The maximum absolute atomic E-state index is 13.9. The van der Waals surface area contributed by atoms with Crippen molar-refractivity contribution < 1.29 is 27.4 Å². The Hall–Kier alpha value is -5.15. The Morgan fingerprint density at radius 2 is 1.96 bits per heavy atom. The lowest BCUT2D eigenvalue weighted by molar-refractivity contribution is -0.139. The summed E-state index contributed by atoms with van der Waals surface area (Å²) in [5.41, 5.74) is 2.78. The van der Waals surface area contributed by atoms with Crippen LogP contribution in [0.4, 0.5) is 30.4 Å². The van der Waals surface area contributed by atoms with Gasteiger partial charge in [-0.15, -0.1) is 0 Å². The predicted molar refractivity (Wildman–Crippen MR) is 173 cm³/mol. The second-order valence-electron chi connectivity index (χ2n) is 11.6. The number of ether oxygens (including phenoxy) is 2. The van der Waals surface area contributed by atoms with Crippen LogP contribution in [-0.2, 0) is 10.9 Å². The van der Waals surface area contributed by atoms with Gasteiger partial charge >= 0.3 is 6.18 Å². The summed E-state index contributed by atoms with van der Waals surface area (Å²) in [6.45, 7) is 2.99. The summed E-state index contributed by atoms with van der Waals surface area (Å²) in [5, 5.41) is 5.98. The normalized spacial score (nSPS) is 15.1. The average molecular weight is 662 g/mol. The van der Waals surface area contributed by atoms with Gasteiger partial charge in [-0.1, -0.05) is 6.07 Å². The van der Waals surface area contributed by atoms with E-state index in [1.54, 1.807) is 55.8 Å². The number of hydrogen-bond acceptors (Lipinski definition) is 10. The summed E-state index contributed by atoms with van der Waals surface area (Å²) in [6, 6.07) is 9.43. The van der Waals surface area contributed by atoms with E-state index in [1.807, 2.05) is 17.6 Å². The fraction of sp³-hybridized carbons (Fsp3) is 0.333. The number of carbonyl (C=O) groups is 1. The number of carbonyl (C=O) groups excluding carboxylic acids is 1. The molecule has 1 unspecified atom stereocenters. The third-order valence-corrected chi connectivity index (χ3v) is 7.84. The summed E-state index contributed by atoms with van der Waals surface area (Å²) in [4.78, 5) is 37.0. The molecule has 1 aliphatic heterocycles. The molecule has 5 heterocycles. The number of likely N-dealkylation sites (N-methyl/N-ethyl adjacent to an activating group) is 1. The lowest BCUT2D eigenvalue weighted by Crippen LogP contribution is -2.21. The number of halogens is 3. The zero-order valence-electron chi connectivity index (χ0n) is 26.6. The molecule has 5 aromatic rings. The number of hydrogen-bond donors (Lipinski definition) is 2. The quantitative estimate of drug-likeness (QED) is 0.177. The van der Waals surface area contributed by atoms with Crippen LogP contribution in [0.15, 0.2) is 61.4 Å². The van der Waals surface area contributed by atoms with Crippen LogP contribution in [-0.4, -0.2) is 74.1 Å². The van der Waals surface area contributed by atoms with Crippen molar-refractivity contribution in [2.45, 2.75) is 38.6 Å². The fourth-order valence-corrected chi connectivity index (χ4v) is 5.30. The minimum absolute atomic E-state index is 0.0290. The van der Waals surface area contributed by atoms with Crippen molar-refractivity contribution in [3.63, 3.8) is 0 Å². The largest absolute Gasteiger partial charge is 0.490 e. The molecule has 0 spiro atoms. The van der Waals surface area contributed by atoms with E-state index in [0.717, 1.165) is 31.0 Å². The number of alkyl halides is 3. The van der Waals surface area contributed by atoms with Crippen LogP contribution in [0.25, 0.3) is 22.4 Å². The van der Waals surface area contributed by atoms with E-state index in [0.29, 0.717) is 58.8 Å². The average Bonchev–Trinajstić information content (AvgIpc) is 3.51. The third-order valence-electron chi connectivity index (χ3n) is 7.84. The van der Waals surface area contributed by atoms with Gasteiger partial charge in [-0.25, -0.2) is 24.9 Å². The van der Waals surface area contributed by atoms with Gasteiger partial charge in [0.1, 0.15) is 53.2 Å². The van der Waals surface area contributed by atoms with Crippen molar-refractivity contribution >= 4 is 34.3 Å². The van der Waals surface area contributed by atoms with E-state index in [-0.39, 0.29) is 12.8 Å². The van der Waals surface area contributed by atoms with Crippen LogP contribution in [0.1, 0.15) is 47.1 Å². The maximum atomic E-state index is 13.9. The van der Waals surface area contributed by atoms with Gasteiger partial charge in [-0.05, 0) is 76.2 Å². The highest BCUT2D eigenvalue weighted by Crippen LogP contribution is 2.37. The number of nitrogens with zero attached hydrogens (tertiary/aromatic N) is 7. The highest BCUT2D eigenvalue weighted by Gasteiger charge is 2.36. The molecule has 1 saturated heterocycles. The highest BCUT2D eigenvalue weighted by molar-refractivity contribution is 6.03. The minimum atomic E-state index is -4.75. The molecule has 1 aromatic carbocycles. The second-order valence-corrected chi connectivity index (χ2v) is 11.6. The van der Waals surface area contributed by atoms with Crippen molar-refractivity contribution in [3.8, 4) is 17.0 Å². The van der Waals surface area contributed by atoms with Gasteiger partial charge in [0.15, 0.2) is 5.65 Å². The number of amides is 1. The molecule has 0 saturated carbocycles. The second kappa shape index (κ2) is 13.9. The molecule has 1 amide bonds. The van der Waals surface area contributed by atoms with Crippen molar-refractivity contribution in [3.05, 3.63) is 78.3 Å². The molecule has 0 bridgehead atoms. The number of nitrogens with one attached hydrogen (secondary N) is 2. The Labute approximate surface area is 274 Å². The smallest absolute Gasteiger partial charge is 0.420 e. The summed E-state index contributed by atoms with van der Waals surface area (Å²) < 4.78 is 54.8. The Morgan fingerprint density at radius 1 is 1.10 bits per heavy atom. The predicted octanol–water partition coefficient (Wildman–Crippen LogP) is 6.25. The van der Waals surface area contributed by atoms with E-state index < -0.39 is 29.1 Å². The van der Waals surface area contributed by atoms with Crippen molar-refractivity contribution in [1.29, 1.82) is 0 Å². The zero-order chi connectivity index (χ0) is 33.8. The molecule has 12 nitrogen and oxygen atoms in total. The van der Waals surface area contributed by atoms with Crippen molar-refractivity contribution in [1.82, 2.24) is 34.4 Å². The monoisotopic (exact) mass is 661 g/mol. The molecular weight excluding hydrogens is 627 g/mol. The maximum Gasteiger partial charge on any atom is 0.420 e. The number of aromatic nitrogens is 6. The van der Waals surface area contributed by atoms with Crippen LogP contribution >= 0.6 is 0 Å². The summed E-state index contributed by atoms with van der Waals surface area (Å²) in [7, 11) is 3.56. The van der Waals surface area contributed by atoms with E-state index in [4.69, 9.17) is 9.47 Å². The Balaban J connectivity index is 1.24. The van der Waals surface area contributed by atoms with E-state index >= 15 is 0 Å². The Morgan fingerprint density at radius 3 is 2.73 bits per heavy atom. The molecule has 6 rings (SSSR count). The lowest BCUT2D eigenvalue weighted by atomic mass is 10.1. The highest BCUT2D eigenvalue weighted by atomic mass is 19.4. The number of aryl methyl sites for hydroxylation is 1. The van der Waals surface area contributed by atoms with Crippen LogP contribution < -0.4 is 15.4 Å². The number of rotatable bonds is 10. The number of pyridine rings is 2. The van der Waals surface area contributed by atoms with Gasteiger partial charge in [0, 0.05) is 36.3 Å². The van der Waals surface area contributed by atoms with Crippen LogP contribution in [0.5, 0.6) is 5.75 Å². The number of fused-ring (bicyclic) bond motifs is 1. The first-order valence-electron chi connectivity index (χ1n) is 15.4. The summed E-state index contributed by atoms with van der Waals surface area (Å²) in [5.74, 6) is -0.771. The SMILES string of the molecule is Cc1ccc(NC(=O)c2cc(C(F)(F)F)c(OCCN(C)C)cn2)cc1Nc1ncccc1-c1ncnc2c1ncn2C1CCCCO1. The molecule has 250 valence electrons. The van der Waals surface area contributed by atoms with Gasteiger partial charge in [0.25, 0.3) is 5.91 Å². The molecule has 1 aliphatic rings. The van der Waals surface area contributed by atoms with Gasteiger partial charge in [0.05, 0.1) is 12.5 Å². The first-order valence-corrected chi connectivity index (χ1v) is 15.4. The van der Waals surface area contributed by atoms with E-state index in [9.17, 15) is 18.0 Å². The van der Waals surface area contributed by atoms with Gasteiger partial charge in [-0.2, -0.15) is 13.2 Å². The minimum Gasteiger partial charge on any atom is -0.490 e. The van der Waals surface area contributed by atoms with Gasteiger partial charge in [0.2, 0.25) is 0 Å². The first kappa shape index (κ1) is 32.8. The van der Waals surface area contributed by atoms with E-state index in [2.05, 4.69) is 35.6 Å². The van der Waals surface area contributed by atoms with Crippen LogP contribution in [0, 0.1) is 6.92 Å². The third kappa shape index (κ3) is 7.21. The molecule has 2 N–H and O–H groups in total. The number of imidazole rings is 1. The van der Waals surface area contributed by atoms with Crippen LogP contribution in [0.3, 0.4) is 0 Å². The van der Waals surface area contributed by atoms with Gasteiger partial charge < -0.3 is 25.0 Å². The Bertz CT molecular complexity index is 1920. The standard InChI is InChI=1S/C33H34F3N9O3/c1-20-9-10-21(42-32(46)25-16-23(33(34,35)36)26(17-38-25)47-14-12-44(2)3)15-24(20)43-30-22(7-6-11-37-30)28-29-31(40-18-39-28)45(19-41-29)27-8-4-5-13-48-27/h6-7,9-11,15-19,27H,4-5,8,12-14H2,1-3H3,(H,37,43)(H,42,46). The van der Waals surface area contributed by atoms with E-state index in [1.165, 1.54) is 6.33 Å². The number of anilines is 3. The van der Waals surface area contributed by atoms with Crippen LogP contribution in [0.2, 0.25) is 0 Å². The molecular formula is C33H34F3N9O3. The topological polar surface area (TPSA) is 132 Å².